The minimum atomic E-state index is -1.24. The van der Waals surface area contributed by atoms with E-state index in [4.69, 9.17) is 11.6 Å². The van der Waals surface area contributed by atoms with Gasteiger partial charge in [-0.3, -0.25) is 14.4 Å². The van der Waals surface area contributed by atoms with Crippen molar-refractivity contribution in [1.29, 1.82) is 0 Å². The van der Waals surface area contributed by atoms with Crippen molar-refractivity contribution in [2.24, 2.45) is 0 Å². The van der Waals surface area contributed by atoms with Crippen LogP contribution in [-0.2, 0) is 27.5 Å². The Morgan fingerprint density at radius 1 is 1.09 bits per heavy atom. The van der Waals surface area contributed by atoms with Crippen LogP contribution < -0.4 is 5.32 Å². The normalized spacial score (nSPS) is 20.6. The number of hydrogen-bond donors (Lipinski definition) is 2. The van der Waals surface area contributed by atoms with E-state index in [-0.39, 0.29) is 26.2 Å². The van der Waals surface area contributed by atoms with Crippen molar-refractivity contribution in [1.82, 2.24) is 25.1 Å². The van der Waals surface area contributed by atoms with Crippen molar-refractivity contribution >= 4 is 35.4 Å². The highest BCUT2D eigenvalue weighted by Crippen LogP contribution is 2.29. The number of hydrogen-bond acceptors (Lipinski definition) is 5. The zero-order valence-corrected chi connectivity index (χ0v) is 19.9. The van der Waals surface area contributed by atoms with E-state index in [2.05, 4.69) is 5.32 Å². The maximum Gasteiger partial charge on any atom is 0.334 e. The molecule has 2 aromatic carbocycles. The van der Waals surface area contributed by atoms with Crippen molar-refractivity contribution in [2.75, 3.05) is 20.1 Å². The van der Waals surface area contributed by atoms with Crippen LogP contribution in [0, 0.1) is 0 Å². The third kappa shape index (κ3) is 5.23. The van der Waals surface area contributed by atoms with E-state index < -0.39 is 42.4 Å². The predicted octanol–water partition coefficient (Wildman–Crippen LogP) is 1.75. The first-order valence-corrected chi connectivity index (χ1v) is 11.5. The minimum absolute atomic E-state index is 0.00894. The van der Waals surface area contributed by atoms with Gasteiger partial charge in [-0.15, -0.1) is 0 Å². The average Bonchev–Trinajstić information content (AvgIpc) is 2.82. The Balaban J connectivity index is 1.63. The molecule has 35 heavy (non-hydrogen) atoms. The Morgan fingerprint density at radius 3 is 2.46 bits per heavy atom. The van der Waals surface area contributed by atoms with Crippen molar-refractivity contribution in [2.45, 2.75) is 31.7 Å². The third-order valence-corrected chi connectivity index (χ3v) is 6.49. The first-order valence-electron chi connectivity index (χ1n) is 11.1. The number of fused-ring (bicyclic) bond motifs is 1. The number of hydrazine groups is 1. The monoisotopic (exact) mass is 499 g/mol. The van der Waals surface area contributed by atoms with Crippen LogP contribution in [0.5, 0.6) is 0 Å². The number of carbonyl (C=O) groups is 4. The number of nitrogens with one attached hydrogen (secondary N) is 1. The quantitative estimate of drug-likeness (QED) is 0.626. The number of urea groups is 1. The molecule has 2 fully saturated rings. The molecule has 0 unspecified atom stereocenters. The van der Waals surface area contributed by atoms with Crippen LogP contribution in [0.25, 0.3) is 0 Å². The van der Waals surface area contributed by atoms with Gasteiger partial charge in [0, 0.05) is 25.2 Å². The first kappa shape index (κ1) is 24.5. The Bertz CT molecular complexity index is 1130. The molecular weight excluding hydrogens is 474 g/mol. The van der Waals surface area contributed by atoms with Crippen LogP contribution in [0.4, 0.5) is 4.79 Å². The highest BCUT2D eigenvalue weighted by atomic mass is 35.5. The molecule has 10 nitrogen and oxygen atoms in total. The second-order valence-corrected chi connectivity index (χ2v) is 8.92. The van der Waals surface area contributed by atoms with Gasteiger partial charge in [-0.05, 0) is 17.2 Å². The summed E-state index contributed by atoms with van der Waals surface area (Å²) in [6, 6.07) is 14.7. The second-order valence-electron chi connectivity index (χ2n) is 8.51. The van der Waals surface area contributed by atoms with Crippen LogP contribution in [0.1, 0.15) is 17.5 Å². The maximum atomic E-state index is 13.3. The van der Waals surface area contributed by atoms with Crippen LogP contribution in [0.3, 0.4) is 0 Å². The van der Waals surface area contributed by atoms with E-state index in [0.29, 0.717) is 10.6 Å². The molecule has 11 heteroatoms. The van der Waals surface area contributed by atoms with Crippen molar-refractivity contribution < 1.29 is 24.3 Å². The first-order chi connectivity index (χ1) is 16.8. The topological polar surface area (TPSA) is 114 Å². The summed E-state index contributed by atoms with van der Waals surface area (Å²) in [5, 5.41) is 15.7. The Kier molecular flexibility index (Phi) is 7.23. The van der Waals surface area contributed by atoms with E-state index in [0.717, 1.165) is 5.56 Å². The number of piperazine rings is 1. The highest BCUT2D eigenvalue weighted by molar-refractivity contribution is 6.31. The van der Waals surface area contributed by atoms with Gasteiger partial charge >= 0.3 is 12.0 Å². The van der Waals surface area contributed by atoms with Crippen LogP contribution in [0.15, 0.2) is 54.6 Å². The van der Waals surface area contributed by atoms with Crippen molar-refractivity contribution in [3.05, 3.63) is 70.7 Å². The number of carboxylic acid groups (broad SMARTS) is 1. The molecule has 0 saturated carbocycles. The lowest BCUT2D eigenvalue weighted by Crippen LogP contribution is -2.76. The zero-order chi connectivity index (χ0) is 25.1. The Hall–Kier alpha value is -3.63. The number of carboxylic acids is 1. The van der Waals surface area contributed by atoms with Gasteiger partial charge in [0.05, 0.1) is 19.5 Å². The van der Waals surface area contributed by atoms with Crippen LogP contribution in [-0.4, -0.2) is 81.1 Å². The van der Waals surface area contributed by atoms with Gasteiger partial charge in [0.25, 0.3) is 0 Å². The number of benzene rings is 2. The molecule has 0 radical (unpaired) electrons. The number of halogens is 1. The summed E-state index contributed by atoms with van der Waals surface area (Å²) in [5.74, 6) is -2.12. The molecular formula is C24H26ClN5O5. The maximum absolute atomic E-state index is 13.3. The molecule has 2 saturated heterocycles. The van der Waals surface area contributed by atoms with Crippen molar-refractivity contribution in [3.8, 4) is 0 Å². The molecule has 184 valence electrons. The summed E-state index contributed by atoms with van der Waals surface area (Å²) in [4.78, 5) is 53.9. The zero-order valence-electron chi connectivity index (χ0n) is 19.1. The molecule has 4 rings (SSSR count). The molecule has 2 aliphatic rings. The lowest BCUT2D eigenvalue weighted by molar-refractivity contribution is -0.189. The van der Waals surface area contributed by atoms with E-state index in [1.54, 1.807) is 31.3 Å². The van der Waals surface area contributed by atoms with E-state index >= 15 is 0 Å². The molecule has 2 aliphatic heterocycles. The van der Waals surface area contributed by atoms with Gasteiger partial charge in [-0.2, -0.15) is 0 Å². The SMILES string of the molecule is CN1CC(=O)N2[C@@H](CC(=O)O)C(=O)N(Cc3ccccc3Cl)C[C@@H]2N1C(=O)NCc1ccccc1. The molecule has 2 heterocycles. The molecule has 0 aliphatic carbocycles. The predicted molar refractivity (Wildman–Crippen MR) is 127 cm³/mol. The van der Waals surface area contributed by atoms with Crippen LogP contribution >= 0.6 is 11.6 Å². The largest absolute Gasteiger partial charge is 0.481 e. The smallest absolute Gasteiger partial charge is 0.334 e. The fraction of sp³-hybridized carbons (Fsp3) is 0.333. The lowest BCUT2D eigenvalue weighted by Gasteiger charge is -2.54. The fourth-order valence-corrected chi connectivity index (χ4v) is 4.70. The molecule has 4 amide bonds. The summed E-state index contributed by atoms with van der Waals surface area (Å²) in [6.07, 6.45) is -1.44. The van der Waals surface area contributed by atoms with Crippen molar-refractivity contribution in [3.63, 3.8) is 0 Å². The molecule has 2 atom stereocenters. The third-order valence-electron chi connectivity index (χ3n) is 6.12. The number of likely N-dealkylation sites (N-methyl/N-ethyl adjacent to an activating group) is 1. The van der Waals surface area contributed by atoms with Gasteiger partial charge < -0.3 is 20.2 Å². The lowest BCUT2D eigenvalue weighted by atomic mass is 10.0. The standard InChI is InChI=1S/C24H26ClN5O5/c1-27-15-21(31)29-19(11-22(32)33)23(34)28(13-17-9-5-6-10-18(17)25)14-20(29)30(27)24(35)26-12-16-7-3-2-4-8-16/h2-10,19-20H,11-15H2,1H3,(H,26,35)(H,32,33)/t19-,20-/m0/s1. The van der Waals surface area contributed by atoms with Gasteiger partial charge in [-0.1, -0.05) is 60.1 Å². The molecule has 0 bridgehead atoms. The Labute approximate surface area is 207 Å². The molecule has 2 aromatic rings. The van der Waals surface area contributed by atoms with Gasteiger partial charge in [0.2, 0.25) is 11.8 Å². The van der Waals surface area contributed by atoms with E-state index in [9.17, 15) is 24.3 Å². The van der Waals surface area contributed by atoms with E-state index in [1.807, 2.05) is 30.3 Å². The second kappa shape index (κ2) is 10.3. The van der Waals surface area contributed by atoms with Gasteiger partial charge in [-0.25, -0.2) is 14.8 Å². The molecule has 2 N–H and O–H groups in total. The fourth-order valence-electron chi connectivity index (χ4n) is 4.50. The summed E-state index contributed by atoms with van der Waals surface area (Å²) < 4.78 is 0. The summed E-state index contributed by atoms with van der Waals surface area (Å²) in [6.45, 7) is 0.236. The number of nitrogens with zero attached hydrogens (tertiary/aromatic N) is 4. The summed E-state index contributed by atoms with van der Waals surface area (Å²) >= 11 is 6.29. The minimum Gasteiger partial charge on any atom is -0.481 e. The number of rotatable bonds is 6. The van der Waals surface area contributed by atoms with Gasteiger partial charge in [0.15, 0.2) is 0 Å². The molecule has 0 spiro atoms. The Morgan fingerprint density at radius 2 is 1.77 bits per heavy atom. The molecule has 0 aromatic heterocycles. The highest BCUT2D eigenvalue weighted by Gasteiger charge is 2.51. The number of aliphatic carboxylic acids is 1. The number of amides is 4. The summed E-state index contributed by atoms with van der Waals surface area (Å²) in [5.41, 5.74) is 1.58. The van der Waals surface area contributed by atoms with E-state index in [1.165, 1.54) is 19.8 Å². The van der Waals surface area contributed by atoms with Gasteiger partial charge in [0.1, 0.15) is 12.2 Å². The summed E-state index contributed by atoms with van der Waals surface area (Å²) in [7, 11) is 1.61. The number of carbonyl (C=O) groups excluding carboxylic acids is 3. The average molecular weight is 500 g/mol. The van der Waals surface area contributed by atoms with Crippen LogP contribution in [0.2, 0.25) is 5.02 Å².